The third-order valence-corrected chi connectivity index (χ3v) is 15.5. The van der Waals surface area contributed by atoms with Gasteiger partial charge in [0.15, 0.2) is 0 Å². The molecule has 3 aliphatic heterocycles. The maximum Gasteiger partial charge on any atom is 0.337 e. The standard InChI is InChI=1S/C55H82N4O5/c1-13-39-35(8)42-28-44-37(10)41(24-25-48(60)64-27-26-34(7)23-17-22-33(6)21-16-20-32(5)19-15-18-31(3)4)52(58-44)50-51(55(62)63-12)54(61)49-38(11)45(59-53(49)50)30-47-40(14-2)36(9)43(57-47)29-46(39)56-42/h26,28-33,37,39,41,46,52,54,56-59,61H,13-25,27H2,1-12H3/b34-26+,43-29-,44-28-,47-30-/t32-,33+,37+,39-,41+,46?,52?,54-/m1/s1. The number of ether oxygens (including phenoxy) is 2. The largest absolute Gasteiger partial charge is 0.466 e. The smallest absolute Gasteiger partial charge is 0.337 e. The zero-order valence-electron chi connectivity index (χ0n) is 41.5. The fraction of sp³-hybridized carbons (Fsp3) is 0.636. The highest BCUT2D eigenvalue weighted by molar-refractivity contribution is 6.03. The highest BCUT2D eigenvalue weighted by Crippen LogP contribution is 2.50. The third kappa shape index (κ3) is 10.9. The zero-order chi connectivity index (χ0) is 46.4. The van der Waals surface area contributed by atoms with E-state index in [1.807, 2.05) is 6.92 Å². The van der Waals surface area contributed by atoms with E-state index in [-0.39, 0.29) is 48.5 Å². The van der Waals surface area contributed by atoms with Crippen LogP contribution in [0, 0.1) is 49.4 Å². The molecule has 0 radical (unpaired) electrons. The molecule has 8 atom stereocenters. The molecule has 0 spiro atoms. The Labute approximate surface area is 384 Å². The fourth-order valence-corrected chi connectivity index (χ4v) is 11.3. The molecule has 352 valence electrons. The minimum absolute atomic E-state index is 0.0101. The van der Waals surface area contributed by atoms with Crippen molar-refractivity contribution in [2.24, 2.45) is 35.5 Å². The summed E-state index contributed by atoms with van der Waals surface area (Å²) in [5.74, 6) is 1.83. The topological polar surface area (TPSA) is 128 Å². The van der Waals surface area contributed by atoms with Crippen molar-refractivity contribution < 1.29 is 24.2 Å². The van der Waals surface area contributed by atoms with Gasteiger partial charge in [-0.2, -0.15) is 0 Å². The average molecular weight is 879 g/mol. The van der Waals surface area contributed by atoms with Crippen LogP contribution in [0.4, 0.5) is 0 Å². The summed E-state index contributed by atoms with van der Waals surface area (Å²) in [4.78, 5) is 34.6. The summed E-state index contributed by atoms with van der Waals surface area (Å²) in [6.45, 7) is 24.9. The van der Waals surface area contributed by atoms with Crippen molar-refractivity contribution in [1.29, 1.82) is 0 Å². The molecular weight excluding hydrogens is 797 g/mol. The van der Waals surface area contributed by atoms with Crippen LogP contribution >= 0.6 is 0 Å². The Morgan fingerprint density at radius 1 is 0.875 bits per heavy atom. The highest BCUT2D eigenvalue weighted by atomic mass is 16.5. The molecule has 9 heteroatoms. The van der Waals surface area contributed by atoms with Crippen LogP contribution in [-0.4, -0.2) is 52.8 Å². The van der Waals surface area contributed by atoms with Gasteiger partial charge in [-0.15, -0.1) is 0 Å². The van der Waals surface area contributed by atoms with Gasteiger partial charge in [0.25, 0.3) is 0 Å². The van der Waals surface area contributed by atoms with E-state index in [2.05, 4.69) is 114 Å². The first-order valence-corrected chi connectivity index (χ1v) is 25.0. The van der Waals surface area contributed by atoms with E-state index in [1.54, 1.807) is 0 Å². The number of H-pyrrole nitrogens is 2. The molecule has 1 saturated heterocycles. The third-order valence-electron chi connectivity index (χ3n) is 15.5. The fourth-order valence-electron chi connectivity index (χ4n) is 11.3. The molecule has 5 N–H and O–H groups in total. The number of methoxy groups -OCH3 is 1. The summed E-state index contributed by atoms with van der Waals surface area (Å²) in [6.07, 6.45) is 21.7. The number of carbonyl (C=O) groups is 2. The molecule has 1 fully saturated rings. The molecule has 64 heavy (non-hydrogen) atoms. The van der Waals surface area contributed by atoms with E-state index < -0.39 is 12.1 Å². The lowest BCUT2D eigenvalue weighted by Gasteiger charge is -2.24. The highest BCUT2D eigenvalue weighted by Gasteiger charge is 2.47. The minimum Gasteiger partial charge on any atom is -0.466 e. The number of aromatic amines is 2. The van der Waals surface area contributed by atoms with Gasteiger partial charge in [-0.25, -0.2) is 4.79 Å². The van der Waals surface area contributed by atoms with Gasteiger partial charge in [0.05, 0.1) is 30.5 Å². The number of nitrogens with one attached hydrogen (secondary N) is 4. The van der Waals surface area contributed by atoms with Crippen LogP contribution in [0.5, 0.6) is 0 Å². The second-order valence-electron chi connectivity index (χ2n) is 20.5. The van der Waals surface area contributed by atoms with E-state index in [0.29, 0.717) is 23.5 Å². The van der Waals surface area contributed by atoms with E-state index in [0.717, 1.165) is 82.5 Å². The predicted molar refractivity (Wildman–Crippen MR) is 261 cm³/mol. The maximum absolute atomic E-state index is 13.7. The van der Waals surface area contributed by atoms with Gasteiger partial charge >= 0.3 is 11.9 Å². The van der Waals surface area contributed by atoms with Gasteiger partial charge in [0.2, 0.25) is 0 Å². The Morgan fingerprint density at radius 2 is 1.56 bits per heavy atom. The molecule has 8 bridgehead atoms. The Bertz CT molecular complexity index is 2250. The summed E-state index contributed by atoms with van der Waals surface area (Å²) in [5, 5.41) is 21.9. The van der Waals surface area contributed by atoms with Crippen LogP contribution in [0.15, 0.2) is 40.3 Å². The quantitative estimate of drug-likeness (QED) is 0.0662. The van der Waals surface area contributed by atoms with Crippen molar-refractivity contribution >= 4 is 29.7 Å². The molecule has 5 heterocycles. The van der Waals surface area contributed by atoms with Crippen LogP contribution in [0.25, 0.3) is 17.7 Å². The first-order chi connectivity index (χ1) is 30.6. The summed E-state index contributed by atoms with van der Waals surface area (Å²) < 4.78 is 11.2. The van der Waals surface area contributed by atoms with E-state index in [4.69, 9.17) is 9.47 Å². The summed E-state index contributed by atoms with van der Waals surface area (Å²) >= 11 is 0. The average Bonchev–Trinajstić information content (AvgIpc) is 3.99. The lowest BCUT2D eigenvalue weighted by molar-refractivity contribution is -0.143. The van der Waals surface area contributed by atoms with Gasteiger partial charge in [-0.3, -0.25) is 4.79 Å². The van der Waals surface area contributed by atoms with Crippen LogP contribution in [0.2, 0.25) is 0 Å². The molecule has 9 nitrogen and oxygen atoms in total. The molecule has 0 saturated carbocycles. The number of allylic oxidation sites excluding steroid dienone is 3. The van der Waals surface area contributed by atoms with Crippen molar-refractivity contribution in [3.05, 3.63) is 84.6 Å². The van der Waals surface area contributed by atoms with Gasteiger partial charge in [0, 0.05) is 57.2 Å². The number of aromatic nitrogens is 2. The Balaban J connectivity index is 1.19. The van der Waals surface area contributed by atoms with Gasteiger partial charge in [0.1, 0.15) is 12.7 Å². The van der Waals surface area contributed by atoms with Crippen molar-refractivity contribution in [2.75, 3.05) is 13.7 Å². The normalized spacial score (nSPS) is 25.6. The second-order valence-corrected chi connectivity index (χ2v) is 20.5. The lowest BCUT2D eigenvalue weighted by atomic mass is 9.82. The Kier molecular flexibility index (Phi) is 16.8. The van der Waals surface area contributed by atoms with Gasteiger partial charge in [-0.05, 0) is 130 Å². The number of hydrogen-bond donors (Lipinski definition) is 5. The van der Waals surface area contributed by atoms with Crippen LogP contribution in [0.1, 0.15) is 179 Å². The van der Waals surface area contributed by atoms with Crippen LogP contribution < -0.4 is 21.3 Å². The molecule has 2 aromatic rings. The second kappa shape index (κ2) is 21.8. The molecule has 2 aromatic heterocycles. The van der Waals surface area contributed by atoms with Crippen molar-refractivity contribution in [2.45, 2.75) is 178 Å². The van der Waals surface area contributed by atoms with Gasteiger partial charge < -0.3 is 35.2 Å². The number of aliphatic hydroxyl groups is 1. The van der Waals surface area contributed by atoms with Gasteiger partial charge in [-0.1, -0.05) is 99.0 Å². The molecular formula is C55H82N4O5. The minimum atomic E-state index is -1.16. The zero-order valence-corrected chi connectivity index (χ0v) is 41.5. The number of rotatable bonds is 20. The lowest BCUT2D eigenvalue weighted by Crippen LogP contribution is -2.31. The number of esters is 2. The summed E-state index contributed by atoms with van der Waals surface area (Å²) in [5.41, 5.74) is 11.4. The first-order valence-electron chi connectivity index (χ1n) is 25.0. The Morgan fingerprint density at radius 3 is 2.22 bits per heavy atom. The number of hydrogen-bond acceptors (Lipinski definition) is 7. The molecule has 0 aromatic carbocycles. The van der Waals surface area contributed by atoms with Crippen molar-refractivity contribution in [1.82, 2.24) is 20.6 Å². The molecule has 1 aliphatic carbocycles. The molecule has 6 rings (SSSR count). The van der Waals surface area contributed by atoms with E-state index >= 15 is 0 Å². The predicted octanol–water partition coefficient (Wildman–Crippen LogP) is 10.2. The summed E-state index contributed by atoms with van der Waals surface area (Å²) in [6, 6.07) is -0.259. The number of carbonyl (C=O) groups excluding carboxylic acids is 2. The number of aliphatic hydroxyl groups excluding tert-OH is 1. The summed E-state index contributed by atoms with van der Waals surface area (Å²) in [7, 11) is 1.37. The molecule has 4 aliphatic rings. The Hall–Kier alpha value is -4.24. The van der Waals surface area contributed by atoms with Crippen LogP contribution in [-0.2, 0) is 25.5 Å². The monoisotopic (exact) mass is 879 g/mol. The van der Waals surface area contributed by atoms with Crippen molar-refractivity contribution in [3.8, 4) is 0 Å². The van der Waals surface area contributed by atoms with Crippen LogP contribution in [0.3, 0.4) is 0 Å². The molecule has 0 amide bonds. The van der Waals surface area contributed by atoms with E-state index in [9.17, 15) is 14.7 Å². The SMILES string of the molecule is CCc1c(C)/c2[nH]/c1=C\c1[nH]c3c(c1C)[C@@H](O)C(C(=O)OC)=C3C1N/C(=C\C3=C(C)[C@@H](CC)C(\C=2)N3)[C@@H](C)[C@@H]1CCC(=O)OC/C=C(\C)CCC[C@@H](C)CCC[C@H](C)CCCC(C)C. The molecule has 2 unspecified atom stereocenters. The van der Waals surface area contributed by atoms with Crippen molar-refractivity contribution in [3.63, 3.8) is 0 Å². The number of fused-ring (bicyclic) bond motifs is 8. The first kappa shape index (κ1) is 49.2. The maximum atomic E-state index is 13.7. The van der Waals surface area contributed by atoms with E-state index in [1.165, 1.54) is 74.3 Å².